The van der Waals surface area contributed by atoms with Crippen molar-refractivity contribution in [2.24, 2.45) is 0 Å². The highest BCUT2D eigenvalue weighted by Gasteiger charge is 2.27. The van der Waals surface area contributed by atoms with Crippen molar-refractivity contribution in [1.29, 1.82) is 5.26 Å². The molecule has 1 fully saturated rings. The highest BCUT2D eigenvalue weighted by atomic mass is 35.5. The van der Waals surface area contributed by atoms with Crippen LogP contribution >= 0.6 is 11.6 Å². The van der Waals surface area contributed by atoms with Crippen molar-refractivity contribution in [3.63, 3.8) is 0 Å². The topological polar surface area (TPSA) is 92.3 Å². The first-order valence-electron chi connectivity index (χ1n) is 5.18. The van der Waals surface area contributed by atoms with Gasteiger partial charge < -0.3 is 9.64 Å². The number of morpholine rings is 1. The molecular weight excluding hydrogens is 260 g/mol. The van der Waals surface area contributed by atoms with Gasteiger partial charge >= 0.3 is 5.69 Å². The molecular formula is C10H9ClN4O3. The van der Waals surface area contributed by atoms with Gasteiger partial charge in [-0.05, 0) is 0 Å². The number of nitriles is 1. The normalized spacial score (nSPS) is 19.3. The minimum absolute atomic E-state index is 0.166. The van der Waals surface area contributed by atoms with Gasteiger partial charge in [0.25, 0.3) is 0 Å². The fourth-order valence-electron chi connectivity index (χ4n) is 1.72. The van der Waals surface area contributed by atoms with E-state index in [9.17, 15) is 10.1 Å². The van der Waals surface area contributed by atoms with Crippen LogP contribution in [0.25, 0.3) is 0 Å². The van der Waals surface area contributed by atoms with Crippen molar-refractivity contribution in [2.45, 2.75) is 6.10 Å². The van der Waals surface area contributed by atoms with E-state index >= 15 is 0 Å². The highest BCUT2D eigenvalue weighted by molar-refractivity contribution is 6.30. The molecule has 1 aliphatic rings. The summed E-state index contributed by atoms with van der Waals surface area (Å²) in [7, 11) is 0. The van der Waals surface area contributed by atoms with Crippen LogP contribution in [0.2, 0.25) is 5.02 Å². The van der Waals surface area contributed by atoms with Gasteiger partial charge in [-0.15, -0.1) is 0 Å². The minimum atomic E-state index is -0.601. The molecule has 2 heterocycles. The molecule has 7 nitrogen and oxygen atoms in total. The Labute approximate surface area is 108 Å². The Bertz CT molecular complexity index is 516. The Balaban J connectivity index is 2.33. The molecule has 0 aromatic carbocycles. The molecule has 0 saturated carbocycles. The first kappa shape index (κ1) is 12.5. The predicted molar refractivity (Wildman–Crippen MR) is 63.5 cm³/mol. The van der Waals surface area contributed by atoms with Gasteiger partial charge in [-0.2, -0.15) is 5.26 Å². The van der Waals surface area contributed by atoms with Crippen LogP contribution in [0.5, 0.6) is 0 Å². The Morgan fingerprint density at radius 3 is 3.17 bits per heavy atom. The maximum atomic E-state index is 11.0. The molecule has 0 radical (unpaired) electrons. The van der Waals surface area contributed by atoms with Crippen LogP contribution in [-0.4, -0.2) is 35.7 Å². The van der Waals surface area contributed by atoms with Crippen LogP contribution in [0, 0.1) is 21.4 Å². The molecule has 0 amide bonds. The molecule has 18 heavy (non-hydrogen) atoms. The Morgan fingerprint density at radius 2 is 2.50 bits per heavy atom. The van der Waals surface area contributed by atoms with E-state index in [1.165, 1.54) is 12.3 Å². The number of rotatable bonds is 2. The van der Waals surface area contributed by atoms with Crippen LogP contribution in [0.3, 0.4) is 0 Å². The molecule has 94 valence electrons. The number of pyridine rings is 1. The maximum Gasteiger partial charge on any atom is 0.313 e. The third kappa shape index (κ3) is 2.50. The minimum Gasteiger partial charge on any atom is -0.360 e. The van der Waals surface area contributed by atoms with Gasteiger partial charge in [-0.25, -0.2) is 4.98 Å². The highest BCUT2D eigenvalue weighted by Crippen LogP contribution is 2.29. The number of hydrogen-bond donors (Lipinski definition) is 0. The number of hydrogen-bond acceptors (Lipinski definition) is 6. The lowest BCUT2D eigenvalue weighted by Crippen LogP contribution is -2.42. The van der Waals surface area contributed by atoms with E-state index in [4.69, 9.17) is 21.6 Å². The SMILES string of the molecule is N#CC1CN(c2ncc(Cl)cc2[N+](=O)[O-])CCO1. The molecule has 0 spiro atoms. The van der Waals surface area contributed by atoms with Crippen molar-refractivity contribution in [3.8, 4) is 6.07 Å². The van der Waals surface area contributed by atoms with Crippen molar-refractivity contribution in [1.82, 2.24) is 4.98 Å². The van der Waals surface area contributed by atoms with E-state index in [0.717, 1.165) is 0 Å². The molecule has 0 aliphatic carbocycles. The number of ether oxygens (including phenoxy) is 1. The van der Waals surface area contributed by atoms with Crippen LogP contribution in [0.4, 0.5) is 11.5 Å². The Morgan fingerprint density at radius 1 is 1.72 bits per heavy atom. The first-order valence-corrected chi connectivity index (χ1v) is 5.55. The van der Waals surface area contributed by atoms with Gasteiger partial charge in [0.15, 0.2) is 6.10 Å². The lowest BCUT2D eigenvalue weighted by Gasteiger charge is -2.30. The molecule has 0 bridgehead atoms. The lowest BCUT2D eigenvalue weighted by molar-refractivity contribution is -0.384. The molecule has 2 rings (SSSR count). The summed E-state index contributed by atoms with van der Waals surface area (Å²) in [4.78, 5) is 16.1. The zero-order valence-electron chi connectivity index (χ0n) is 9.24. The summed E-state index contributed by atoms with van der Waals surface area (Å²) in [5.41, 5.74) is -0.166. The third-order valence-electron chi connectivity index (χ3n) is 2.52. The van der Waals surface area contributed by atoms with Crippen molar-refractivity contribution in [2.75, 3.05) is 24.6 Å². The molecule has 0 N–H and O–H groups in total. The van der Waals surface area contributed by atoms with Crippen molar-refractivity contribution in [3.05, 3.63) is 27.4 Å². The summed E-state index contributed by atoms with van der Waals surface area (Å²) in [5.74, 6) is 0.216. The molecule has 1 atom stereocenters. The van der Waals surface area contributed by atoms with Gasteiger partial charge in [0.2, 0.25) is 5.82 Å². The van der Waals surface area contributed by atoms with Crippen LogP contribution in [0.1, 0.15) is 0 Å². The van der Waals surface area contributed by atoms with E-state index in [1.54, 1.807) is 4.90 Å². The monoisotopic (exact) mass is 268 g/mol. The van der Waals surface area contributed by atoms with E-state index < -0.39 is 11.0 Å². The zero-order valence-corrected chi connectivity index (χ0v) is 10.0. The smallest absolute Gasteiger partial charge is 0.313 e. The molecule has 1 saturated heterocycles. The third-order valence-corrected chi connectivity index (χ3v) is 2.73. The second-order valence-corrected chi connectivity index (χ2v) is 4.12. The van der Waals surface area contributed by atoms with Gasteiger partial charge in [0.05, 0.1) is 29.2 Å². The van der Waals surface area contributed by atoms with Crippen molar-refractivity contribution >= 4 is 23.1 Å². The summed E-state index contributed by atoms with van der Waals surface area (Å²) >= 11 is 5.69. The second-order valence-electron chi connectivity index (χ2n) is 3.69. The summed E-state index contributed by atoms with van der Waals surface area (Å²) in [5, 5.41) is 20.0. The fraction of sp³-hybridized carbons (Fsp3) is 0.400. The number of anilines is 1. The predicted octanol–water partition coefficient (Wildman–Crippen LogP) is 1.37. The summed E-state index contributed by atoms with van der Waals surface area (Å²) in [6.45, 7) is 1.04. The molecule has 1 aromatic rings. The second kappa shape index (κ2) is 5.16. The average Bonchev–Trinajstić information content (AvgIpc) is 2.38. The summed E-state index contributed by atoms with van der Waals surface area (Å²) in [6.07, 6.45) is 0.747. The first-order chi connectivity index (χ1) is 8.61. The van der Waals surface area contributed by atoms with Gasteiger partial charge in [-0.3, -0.25) is 10.1 Å². The van der Waals surface area contributed by atoms with E-state index in [-0.39, 0.29) is 23.1 Å². The van der Waals surface area contributed by atoms with Crippen LogP contribution < -0.4 is 4.90 Å². The van der Waals surface area contributed by atoms with Gasteiger partial charge in [0.1, 0.15) is 0 Å². The summed E-state index contributed by atoms with van der Waals surface area (Å²) < 4.78 is 5.18. The zero-order chi connectivity index (χ0) is 13.1. The Kier molecular flexibility index (Phi) is 3.60. The quantitative estimate of drug-likeness (QED) is 0.594. The maximum absolute atomic E-state index is 11.0. The molecule has 1 unspecified atom stereocenters. The van der Waals surface area contributed by atoms with Gasteiger partial charge in [-0.1, -0.05) is 11.6 Å². The number of nitro groups is 1. The molecule has 8 heteroatoms. The molecule has 1 aromatic heterocycles. The van der Waals surface area contributed by atoms with Crippen LogP contribution in [0.15, 0.2) is 12.3 Å². The Hall–Kier alpha value is -1.91. The lowest BCUT2D eigenvalue weighted by atomic mass is 10.2. The number of aromatic nitrogens is 1. The molecule has 1 aliphatic heterocycles. The fourth-order valence-corrected chi connectivity index (χ4v) is 1.87. The average molecular weight is 269 g/mol. The summed E-state index contributed by atoms with van der Waals surface area (Å²) in [6, 6.07) is 3.23. The van der Waals surface area contributed by atoms with E-state index in [1.807, 2.05) is 6.07 Å². The largest absolute Gasteiger partial charge is 0.360 e. The van der Waals surface area contributed by atoms with E-state index in [2.05, 4.69) is 4.98 Å². The number of nitrogens with zero attached hydrogens (tertiary/aromatic N) is 4. The van der Waals surface area contributed by atoms with E-state index in [0.29, 0.717) is 13.2 Å². The van der Waals surface area contributed by atoms with Crippen LogP contribution in [-0.2, 0) is 4.74 Å². The van der Waals surface area contributed by atoms with Crippen molar-refractivity contribution < 1.29 is 9.66 Å². The number of halogens is 1. The standard InChI is InChI=1S/C10H9ClN4O3/c11-7-3-9(15(16)17)10(13-5-7)14-1-2-18-8(4-12)6-14/h3,5,8H,1-2,6H2. The van der Waals surface area contributed by atoms with Gasteiger partial charge in [0, 0.05) is 18.8 Å².